The van der Waals surface area contributed by atoms with Crippen molar-refractivity contribution in [3.63, 3.8) is 0 Å². The number of aromatic amines is 1. The Balaban J connectivity index is 2.20. The van der Waals surface area contributed by atoms with Crippen LogP contribution in [0.15, 0.2) is 49.2 Å². The SMILES string of the molecule is C=CCn1cc(Cc2ccccc2)[nH]c1=S. The van der Waals surface area contributed by atoms with Crippen LogP contribution in [-0.4, -0.2) is 9.55 Å². The molecule has 2 nitrogen and oxygen atoms in total. The zero-order valence-corrected chi connectivity index (χ0v) is 9.83. The molecule has 0 bridgehead atoms. The molecule has 0 fully saturated rings. The zero-order valence-electron chi connectivity index (χ0n) is 9.02. The number of H-pyrrole nitrogens is 1. The summed E-state index contributed by atoms with van der Waals surface area (Å²) < 4.78 is 2.74. The number of hydrogen-bond donors (Lipinski definition) is 1. The van der Waals surface area contributed by atoms with Crippen molar-refractivity contribution in [3.8, 4) is 0 Å². The van der Waals surface area contributed by atoms with Gasteiger partial charge in [0, 0.05) is 24.9 Å². The average molecular weight is 230 g/mol. The molecule has 3 heteroatoms. The third-order valence-electron chi connectivity index (χ3n) is 2.40. The largest absolute Gasteiger partial charge is 0.334 e. The van der Waals surface area contributed by atoms with Gasteiger partial charge in [0.25, 0.3) is 0 Å². The van der Waals surface area contributed by atoms with E-state index in [9.17, 15) is 0 Å². The fourth-order valence-electron chi connectivity index (χ4n) is 1.67. The number of rotatable bonds is 4. The summed E-state index contributed by atoms with van der Waals surface area (Å²) in [5.74, 6) is 0. The fourth-order valence-corrected chi connectivity index (χ4v) is 1.93. The Bertz CT molecular complexity index is 522. The fraction of sp³-hybridized carbons (Fsp3) is 0.154. The number of imidazole rings is 1. The minimum Gasteiger partial charge on any atom is -0.334 e. The van der Waals surface area contributed by atoms with Crippen molar-refractivity contribution in [2.45, 2.75) is 13.0 Å². The predicted octanol–water partition coefficient (Wildman–Crippen LogP) is 3.32. The van der Waals surface area contributed by atoms with E-state index in [4.69, 9.17) is 12.2 Å². The van der Waals surface area contributed by atoms with Crippen LogP contribution in [0.25, 0.3) is 0 Å². The number of nitrogens with one attached hydrogen (secondary N) is 1. The first-order valence-electron chi connectivity index (χ1n) is 5.23. The topological polar surface area (TPSA) is 20.7 Å². The molecule has 0 atom stereocenters. The second-order valence-corrected chi connectivity index (χ2v) is 4.07. The zero-order chi connectivity index (χ0) is 11.4. The standard InChI is InChI=1S/C13H14N2S/c1-2-8-15-10-12(14-13(15)16)9-11-6-4-3-5-7-11/h2-7,10H,1,8-9H2,(H,14,16). The first-order valence-corrected chi connectivity index (χ1v) is 5.63. The van der Waals surface area contributed by atoms with Crippen molar-refractivity contribution in [1.82, 2.24) is 9.55 Å². The van der Waals surface area contributed by atoms with Crippen LogP contribution in [0.3, 0.4) is 0 Å². The summed E-state index contributed by atoms with van der Waals surface area (Å²) in [7, 11) is 0. The highest BCUT2D eigenvalue weighted by Gasteiger charge is 2.00. The van der Waals surface area contributed by atoms with Crippen molar-refractivity contribution < 1.29 is 0 Å². The van der Waals surface area contributed by atoms with E-state index >= 15 is 0 Å². The molecule has 0 saturated heterocycles. The second-order valence-electron chi connectivity index (χ2n) is 3.69. The molecule has 0 saturated carbocycles. The van der Waals surface area contributed by atoms with E-state index in [-0.39, 0.29) is 0 Å². The Morgan fingerprint density at radius 2 is 2.06 bits per heavy atom. The van der Waals surface area contributed by atoms with Crippen LogP contribution in [0, 0.1) is 4.77 Å². The van der Waals surface area contributed by atoms with Gasteiger partial charge < -0.3 is 9.55 Å². The van der Waals surface area contributed by atoms with Crippen LogP contribution < -0.4 is 0 Å². The van der Waals surface area contributed by atoms with Crippen molar-refractivity contribution in [1.29, 1.82) is 0 Å². The van der Waals surface area contributed by atoms with E-state index < -0.39 is 0 Å². The van der Waals surface area contributed by atoms with Crippen molar-refractivity contribution >= 4 is 12.2 Å². The van der Waals surface area contributed by atoms with E-state index in [0.717, 1.165) is 23.4 Å². The van der Waals surface area contributed by atoms with Gasteiger partial charge in [-0.2, -0.15) is 0 Å². The molecule has 2 aromatic rings. The van der Waals surface area contributed by atoms with Crippen LogP contribution >= 0.6 is 12.2 Å². The predicted molar refractivity (Wildman–Crippen MR) is 69.1 cm³/mol. The van der Waals surface area contributed by atoms with Crippen LogP contribution in [0.4, 0.5) is 0 Å². The van der Waals surface area contributed by atoms with Crippen molar-refractivity contribution in [3.05, 3.63) is 65.2 Å². The summed E-state index contributed by atoms with van der Waals surface area (Å²) in [6.07, 6.45) is 4.78. The number of aromatic nitrogens is 2. The van der Waals surface area contributed by atoms with Gasteiger partial charge in [-0.1, -0.05) is 36.4 Å². The van der Waals surface area contributed by atoms with Gasteiger partial charge in [0.1, 0.15) is 0 Å². The molecule has 0 amide bonds. The Morgan fingerprint density at radius 1 is 1.31 bits per heavy atom. The maximum absolute atomic E-state index is 5.21. The molecule has 1 N–H and O–H groups in total. The summed E-state index contributed by atoms with van der Waals surface area (Å²) in [5.41, 5.74) is 2.42. The number of hydrogen-bond acceptors (Lipinski definition) is 1. The highest BCUT2D eigenvalue weighted by Crippen LogP contribution is 2.08. The lowest BCUT2D eigenvalue weighted by atomic mass is 10.1. The monoisotopic (exact) mass is 230 g/mol. The van der Waals surface area contributed by atoms with E-state index in [1.165, 1.54) is 5.56 Å². The molecule has 0 radical (unpaired) electrons. The summed E-state index contributed by atoms with van der Waals surface area (Å²) in [4.78, 5) is 3.21. The minimum atomic E-state index is 0.754. The quantitative estimate of drug-likeness (QED) is 0.631. The van der Waals surface area contributed by atoms with Gasteiger partial charge in [0.2, 0.25) is 0 Å². The summed E-state index contributed by atoms with van der Waals surface area (Å²) >= 11 is 5.21. The molecule has 0 aliphatic carbocycles. The van der Waals surface area contributed by atoms with Crippen LogP contribution in [0.2, 0.25) is 0 Å². The van der Waals surface area contributed by atoms with Gasteiger partial charge in [0.05, 0.1) is 0 Å². The third-order valence-corrected chi connectivity index (χ3v) is 2.74. The third kappa shape index (κ3) is 2.49. The lowest BCUT2D eigenvalue weighted by Crippen LogP contribution is -1.91. The maximum Gasteiger partial charge on any atom is 0.177 e. The molecule has 1 heterocycles. The van der Waals surface area contributed by atoms with Gasteiger partial charge in [-0.3, -0.25) is 0 Å². The van der Waals surface area contributed by atoms with E-state index in [0.29, 0.717) is 0 Å². The molecule has 0 aliphatic rings. The Hall–Kier alpha value is -1.61. The van der Waals surface area contributed by atoms with Crippen LogP contribution in [0.5, 0.6) is 0 Å². The number of benzene rings is 1. The summed E-state index contributed by atoms with van der Waals surface area (Å²) in [5, 5.41) is 0. The molecular formula is C13H14N2S. The molecule has 82 valence electrons. The molecule has 2 rings (SSSR count). The van der Waals surface area contributed by atoms with Crippen molar-refractivity contribution in [2.75, 3.05) is 0 Å². The molecule has 0 spiro atoms. The molecule has 1 aromatic heterocycles. The first kappa shape index (κ1) is 10.9. The van der Waals surface area contributed by atoms with Gasteiger partial charge >= 0.3 is 0 Å². The molecule has 0 unspecified atom stereocenters. The van der Waals surface area contributed by atoms with Gasteiger partial charge in [-0.05, 0) is 17.8 Å². The van der Waals surface area contributed by atoms with Gasteiger partial charge in [0.15, 0.2) is 4.77 Å². The Kier molecular flexibility index (Phi) is 3.37. The highest BCUT2D eigenvalue weighted by molar-refractivity contribution is 7.71. The lowest BCUT2D eigenvalue weighted by Gasteiger charge is -1.97. The normalized spacial score (nSPS) is 10.2. The smallest absolute Gasteiger partial charge is 0.177 e. The highest BCUT2D eigenvalue weighted by atomic mass is 32.1. The maximum atomic E-state index is 5.21. The van der Waals surface area contributed by atoms with Gasteiger partial charge in [-0.25, -0.2) is 0 Å². The molecule has 16 heavy (non-hydrogen) atoms. The molecule has 0 aliphatic heterocycles. The molecule has 1 aromatic carbocycles. The van der Waals surface area contributed by atoms with Crippen LogP contribution in [0.1, 0.15) is 11.3 Å². The van der Waals surface area contributed by atoms with Crippen molar-refractivity contribution in [2.24, 2.45) is 0 Å². The number of allylic oxidation sites excluding steroid dienone is 1. The Labute approximate surface area is 100 Å². The minimum absolute atomic E-state index is 0.754. The lowest BCUT2D eigenvalue weighted by molar-refractivity contribution is 0.807. The van der Waals surface area contributed by atoms with E-state index in [1.807, 2.05) is 28.8 Å². The van der Waals surface area contributed by atoms with E-state index in [2.05, 4.69) is 29.9 Å². The van der Waals surface area contributed by atoms with Crippen LogP contribution in [-0.2, 0) is 13.0 Å². The first-order chi connectivity index (χ1) is 7.79. The second kappa shape index (κ2) is 4.94. The average Bonchev–Trinajstić information content (AvgIpc) is 2.61. The Morgan fingerprint density at radius 3 is 2.75 bits per heavy atom. The van der Waals surface area contributed by atoms with E-state index in [1.54, 1.807) is 0 Å². The summed E-state index contributed by atoms with van der Waals surface area (Å²) in [6, 6.07) is 10.3. The van der Waals surface area contributed by atoms with Gasteiger partial charge in [-0.15, -0.1) is 6.58 Å². The molecular weight excluding hydrogens is 216 g/mol. The number of nitrogens with zero attached hydrogens (tertiary/aromatic N) is 1. The summed E-state index contributed by atoms with van der Waals surface area (Å²) in [6.45, 7) is 4.46.